The Morgan fingerprint density at radius 3 is 2.89 bits per heavy atom. The number of aryl methyl sites for hydroxylation is 1. The van der Waals surface area contributed by atoms with Gasteiger partial charge in [0.05, 0.1) is 0 Å². The molecule has 0 saturated carbocycles. The molecule has 1 aromatic carbocycles. The van der Waals surface area contributed by atoms with Gasteiger partial charge >= 0.3 is 0 Å². The maximum atomic E-state index is 5.82. The molecule has 3 aromatic rings. The first-order valence-corrected chi connectivity index (χ1v) is 7.15. The molecule has 0 bridgehead atoms. The van der Waals surface area contributed by atoms with Gasteiger partial charge in [-0.25, -0.2) is 9.97 Å². The normalized spacial score (nSPS) is 10.9. The lowest BCUT2D eigenvalue weighted by Crippen LogP contribution is -1.95. The third-order valence-corrected chi connectivity index (χ3v) is 3.93. The Morgan fingerprint density at radius 1 is 1.26 bits per heavy atom. The summed E-state index contributed by atoms with van der Waals surface area (Å²) in [6.45, 7) is 2.01. The van der Waals surface area contributed by atoms with Crippen LogP contribution in [0.4, 0.5) is 0 Å². The molecule has 6 heteroatoms. The van der Waals surface area contributed by atoms with E-state index >= 15 is 0 Å². The zero-order chi connectivity index (χ0) is 13.4. The molecule has 0 atom stereocenters. The molecule has 4 nitrogen and oxygen atoms in total. The number of imidazole rings is 1. The quantitative estimate of drug-likeness (QED) is 0.661. The van der Waals surface area contributed by atoms with Crippen molar-refractivity contribution in [1.29, 1.82) is 0 Å². The van der Waals surface area contributed by atoms with Crippen molar-refractivity contribution in [2.45, 2.75) is 6.92 Å². The Bertz CT molecular complexity index is 755. The lowest BCUT2D eigenvalue weighted by Gasteiger charge is -2.08. The number of nitrogens with zero attached hydrogens (tertiary/aromatic N) is 3. The van der Waals surface area contributed by atoms with Crippen LogP contribution >= 0.6 is 31.9 Å². The van der Waals surface area contributed by atoms with Crippen LogP contribution in [0.3, 0.4) is 0 Å². The molecule has 0 N–H and O–H groups in total. The monoisotopic (exact) mass is 381 g/mol. The summed E-state index contributed by atoms with van der Waals surface area (Å²) in [6, 6.07) is 5.79. The minimum Gasteiger partial charge on any atom is -0.436 e. The van der Waals surface area contributed by atoms with Crippen molar-refractivity contribution < 1.29 is 4.74 Å². The fourth-order valence-corrected chi connectivity index (χ4v) is 2.36. The summed E-state index contributed by atoms with van der Waals surface area (Å²) in [5, 5.41) is 0. The molecule has 96 valence electrons. The number of hydrogen-bond donors (Lipinski definition) is 0. The van der Waals surface area contributed by atoms with Crippen LogP contribution in [0.25, 0.3) is 5.65 Å². The van der Waals surface area contributed by atoms with Gasteiger partial charge in [0.2, 0.25) is 5.65 Å². The van der Waals surface area contributed by atoms with Crippen molar-refractivity contribution in [1.82, 2.24) is 14.4 Å². The van der Waals surface area contributed by atoms with Crippen molar-refractivity contribution >= 4 is 37.5 Å². The van der Waals surface area contributed by atoms with E-state index in [-0.39, 0.29) is 0 Å². The summed E-state index contributed by atoms with van der Waals surface area (Å²) in [6.07, 6.45) is 5.40. The molecule has 3 rings (SSSR count). The van der Waals surface area contributed by atoms with E-state index in [4.69, 9.17) is 4.74 Å². The minimum absolute atomic E-state index is 0.473. The molecular weight excluding hydrogens is 374 g/mol. The minimum atomic E-state index is 0.473. The molecule has 19 heavy (non-hydrogen) atoms. The Hall–Kier alpha value is -1.40. The smallest absolute Gasteiger partial charge is 0.264 e. The molecule has 0 amide bonds. The summed E-state index contributed by atoms with van der Waals surface area (Å²) in [5.41, 5.74) is 1.79. The number of halogens is 2. The standard InChI is InChI=1S/C13H9Br2N3O/c1-8-6-9(2-3-10(8)14)19-13-12-16-4-5-18(12)7-11(15)17-13/h2-7H,1H3. The van der Waals surface area contributed by atoms with Crippen molar-refractivity contribution in [2.24, 2.45) is 0 Å². The summed E-state index contributed by atoms with van der Waals surface area (Å²) < 4.78 is 9.43. The molecular formula is C13H9Br2N3O. The second-order valence-corrected chi connectivity index (χ2v) is 5.71. The van der Waals surface area contributed by atoms with E-state index in [9.17, 15) is 0 Å². The average Bonchev–Trinajstić information content (AvgIpc) is 2.82. The second-order valence-electron chi connectivity index (χ2n) is 4.04. The Morgan fingerprint density at radius 2 is 2.11 bits per heavy atom. The van der Waals surface area contributed by atoms with E-state index < -0.39 is 0 Å². The molecule has 0 aliphatic heterocycles. The fraction of sp³-hybridized carbons (Fsp3) is 0.0769. The van der Waals surface area contributed by atoms with Gasteiger partial charge in [-0.2, -0.15) is 0 Å². The zero-order valence-corrected chi connectivity index (χ0v) is 13.1. The summed E-state index contributed by atoms with van der Waals surface area (Å²) in [7, 11) is 0. The Balaban J connectivity index is 2.04. The molecule has 0 aliphatic carbocycles. The number of fused-ring (bicyclic) bond motifs is 1. The van der Waals surface area contributed by atoms with Crippen molar-refractivity contribution in [2.75, 3.05) is 0 Å². The van der Waals surface area contributed by atoms with Gasteiger partial charge in [-0.3, -0.25) is 4.40 Å². The molecule has 0 saturated heterocycles. The van der Waals surface area contributed by atoms with Crippen molar-refractivity contribution in [3.05, 3.63) is 51.4 Å². The van der Waals surface area contributed by atoms with Crippen LogP contribution in [0, 0.1) is 6.92 Å². The van der Waals surface area contributed by atoms with E-state index in [1.54, 1.807) is 6.20 Å². The highest BCUT2D eigenvalue weighted by molar-refractivity contribution is 9.10. The van der Waals surface area contributed by atoms with Crippen molar-refractivity contribution in [3.63, 3.8) is 0 Å². The first-order chi connectivity index (χ1) is 9.13. The van der Waals surface area contributed by atoms with Gasteiger partial charge < -0.3 is 4.74 Å². The molecule has 0 aliphatic rings. The van der Waals surface area contributed by atoms with Crippen LogP contribution in [0.5, 0.6) is 11.6 Å². The highest BCUT2D eigenvalue weighted by atomic mass is 79.9. The number of aromatic nitrogens is 3. The van der Waals surface area contributed by atoms with Crippen LogP contribution in [0.2, 0.25) is 0 Å². The number of benzene rings is 1. The van der Waals surface area contributed by atoms with Crippen LogP contribution in [0.15, 0.2) is 45.9 Å². The van der Waals surface area contributed by atoms with Crippen molar-refractivity contribution in [3.8, 4) is 11.6 Å². The van der Waals surface area contributed by atoms with Gasteiger partial charge in [-0.1, -0.05) is 15.9 Å². The highest BCUT2D eigenvalue weighted by Gasteiger charge is 2.09. The van der Waals surface area contributed by atoms with E-state index in [2.05, 4.69) is 41.8 Å². The maximum Gasteiger partial charge on any atom is 0.264 e. The lowest BCUT2D eigenvalue weighted by molar-refractivity contribution is 0.463. The molecule has 0 radical (unpaired) electrons. The molecule has 0 fully saturated rings. The van der Waals surface area contributed by atoms with Crippen LogP contribution in [-0.4, -0.2) is 14.4 Å². The van der Waals surface area contributed by atoms with E-state index in [1.165, 1.54) is 0 Å². The predicted octanol–water partition coefficient (Wildman–Crippen LogP) is 4.36. The fourth-order valence-electron chi connectivity index (χ4n) is 1.73. The van der Waals surface area contributed by atoms with Gasteiger partial charge in [0, 0.05) is 23.1 Å². The first kappa shape index (κ1) is 12.6. The van der Waals surface area contributed by atoms with Crippen LogP contribution < -0.4 is 4.74 Å². The third kappa shape index (κ3) is 2.50. The number of hydrogen-bond acceptors (Lipinski definition) is 3. The van der Waals surface area contributed by atoms with Gasteiger partial charge in [0.25, 0.3) is 5.88 Å². The lowest BCUT2D eigenvalue weighted by atomic mass is 10.2. The van der Waals surface area contributed by atoms with E-state index in [1.807, 2.05) is 41.9 Å². The average molecular weight is 383 g/mol. The first-order valence-electron chi connectivity index (χ1n) is 5.57. The third-order valence-electron chi connectivity index (χ3n) is 2.66. The van der Waals surface area contributed by atoms with E-state index in [0.29, 0.717) is 16.1 Å². The van der Waals surface area contributed by atoms with Crippen LogP contribution in [-0.2, 0) is 0 Å². The predicted molar refractivity (Wildman–Crippen MR) is 79.6 cm³/mol. The Kier molecular flexibility index (Phi) is 3.28. The SMILES string of the molecule is Cc1cc(Oc2nc(Br)cn3ccnc23)ccc1Br. The number of rotatable bonds is 2. The Labute approximate surface area is 126 Å². The zero-order valence-electron chi connectivity index (χ0n) is 9.97. The second kappa shape index (κ2) is 4.94. The van der Waals surface area contributed by atoms with Gasteiger partial charge in [-0.05, 0) is 46.6 Å². The van der Waals surface area contributed by atoms with Gasteiger partial charge in [0.1, 0.15) is 10.4 Å². The molecule has 2 aromatic heterocycles. The van der Waals surface area contributed by atoms with E-state index in [0.717, 1.165) is 15.8 Å². The largest absolute Gasteiger partial charge is 0.436 e. The molecule has 2 heterocycles. The topological polar surface area (TPSA) is 39.4 Å². The van der Waals surface area contributed by atoms with Gasteiger partial charge in [0.15, 0.2) is 0 Å². The summed E-state index contributed by atoms with van der Waals surface area (Å²) >= 11 is 6.83. The van der Waals surface area contributed by atoms with Crippen LogP contribution in [0.1, 0.15) is 5.56 Å². The summed E-state index contributed by atoms with van der Waals surface area (Å²) in [4.78, 5) is 8.56. The number of ether oxygens (including phenoxy) is 1. The summed E-state index contributed by atoms with van der Waals surface area (Å²) in [5.74, 6) is 1.21. The maximum absolute atomic E-state index is 5.82. The molecule has 0 spiro atoms. The highest BCUT2D eigenvalue weighted by Crippen LogP contribution is 2.28. The van der Waals surface area contributed by atoms with Gasteiger partial charge in [-0.15, -0.1) is 0 Å². The molecule has 0 unspecified atom stereocenters.